The van der Waals surface area contributed by atoms with Crippen LogP contribution in [0.2, 0.25) is 5.02 Å². The van der Waals surface area contributed by atoms with Crippen molar-refractivity contribution in [3.63, 3.8) is 0 Å². The van der Waals surface area contributed by atoms with Gasteiger partial charge in [0.2, 0.25) is 0 Å². The maximum absolute atomic E-state index is 10.4. The molecule has 0 saturated carbocycles. The van der Waals surface area contributed by atoms with E-state index in [-0.39, 0.29) is 24.3 Å². The van der Waals surface area contributed by atoms with Gasteiger partial charge in [0, 0.05) is 23.6 Å². The van der Waals surface area contributed by atoms with Gasteiger partial charge in [0.15, 0.2) is 11.5 Å². The molecule has 1 aromatic rings. The average Bonchev–Trinajstić information content (AvgIpc) is 2.26. The van der Waals surface area contributed by atoms with E-state index in [2.05, 4.69) is 0 Å². The first-order valence-electron chi connectivity index (χ1n) is 4.99. The lowest BCUT2D eigenvalue weighted by Gasteiger charge is -2.14. The number of rotatable bonds is 5. The number of phenols is 1. The number of carboxylic acid groups (broad SMARTS) is 1. The maximum Gasteiger partial charge on any atom is 0.303 e. The van der Waals surface area contributed by atoms with E-state index < -0.39 is 12.0 Å². The number of halogens is 1. The summed E-state index contributed by atoms with van der Waals surface area (Å²) in [7, 11) is 1.41. The molecule has 4 N–H and O–H groups in total. The van der Waals surface area contributed by atoms with Gasteiger partial charge in [-0.15, -0.1) is 0 Å². The predicted molar refractivity (Wildman–Crippen MR) is 63.5 cm³/mol. The molecular weight excluding hydrogens is 246 g/mol. The Morgan fingerprint density at radius 1 is 1.59 bits per heavy atom. The summed E-state index contributed by atoms with van der Waals surface area (Å²) in [5, 5.41) is 18.3. The van der Waals surface area contributed by atoms with Crippen molar-refractivity contribution in [3.05, 3.63) is 22.7 Å². The van der Waals surface area contributed by atoms with Crippen LogP contribution in [-0.4, -0.2) is 23.3 Å². The van der Waals surface area contributed by atoms with Gasteiger partial charge < -0.3 is 20.7 Å². The quantitative estimate of drug-likeness (QED) is 0.751. The smallest absolute Gasteiger partial charge is 0.303 e. The van der Waals surface area contributed by atoms with Crippen molar-refractivity contribution in [1.82, 2.24) is 0 Å². The van der Waals surface area contributed by atoms with Crippen LogP contribution in [0, 0.1) is 0 Å². The molecule has 1 rings (SSSR count). The minimum atomic E-state index is -0.915. The first-order valence-corrected chi connectivity index (χ1v) is 5.37. The summed E-state index contributed by atoms with van der Waals surface area (Å²) >= 11 is 5.93. The molecule has 94 valence electrons. The van der Waals surface area contributed by atoms with Gasteiger partial charge in [-0.1, -0.05) is 11.6 Å². The molecule has 0 fully saturated rings. The summed E-state index contributed by atoms with van der Waals surface area (Å²) in [6, 6.07) is 2.34. The Bertz CT molecular complexity index is 422. The number of aliphatic carboxylic acids is 1. The molecule has 17 heavy (non-hydrogen) atoms. The Morgan fingerprint density at radius 2 is 2.24 bits per heavy atom. The van der Waals surface area contributed by atoms with Crippen molar-refractivity contribution < 1.29 is 19.7 Å². The molecule has 0 bridgehead atoms. The van der Waals surface area contributed by atoms with Gasteiger partial charge in [0.05, 0.1) is 7.11 Å². The van der Waals surface area contributed by atoms with E-state index in [0.717, 1.165) is 0 Å². The number of benzene rings is 1. The van der Waals surface area contributed by atoms with Crippen molar-refractivity contribution in [2.45, 2.75) is 18.9 Å². The van der Waals surface area contributed by atoms with Crippen molar-refractivity contribution in [2.75, 3.05) is 7.11 Å². The molecule has 0 saturated heterocycles. The first-order chi connectivity index (χ1) is 7.95. The van der Waals surface area contributed by atoms with Gasteiger partial charge in [-0.2, -0.15) is 0 Å². The Labute approximate surface area is 104 Å². The molecule has 0 spiro atoms. The third-order valence-electron chi connectivity index (χ3n) is 2.37. The van der Waals surface area contributed by atoms with Crippen LogP contribution in [0.3, 0.4) is 0 Å². The lowest BCUT2D eigenvalue weighted by Crippen LogP contribution is -2.13. The SMILES string of the molecule is COc1cc(C(N)CCC(=O)O)c(Cl)cc1O. The van der Waals surface area contributed by atoms with Crippen LogP contribution in [0.25, 0.3) is 0 Å². The fourth-order valence-corrected chi connectivity index (χ4v) is 1.74. The normalized spacial score (nSPS) is 12.2. The molecule has 0 radical (unpaired) electrons. The van der Waals surface area contributed by atoms with E-state index in [4.69, 9.17) is 27.2 Å². The van der Waals surface area contributed by atoms with Crippen LogP contribution in [-0.2, 0) is 4.79 Å². The highest BCUT2D eigenvalue weighted by atomic mass is 35.5. The first kappa shape index (κ1) is 13.6. The fraction of sp³-hybridized carbons (Fsp3) is 0.364. The van der Waals surface area contributed by atoms with Crippen LogP contribution < -0.4 is 10.5 Å². The molecule has 5 nitrogen and oxygen atoms in total. The number of hydrogen-bond donors (Lipinski definition) is 3. The largest absolute Gasteiger partial charge is 0.504 e. The second-order valence-electron chi connectivity index (χ2n) is 3.58. The minimum absolute atomic E-state index is 0.0410. The standard InChI is InChI=1S/C11H14ClNO4/c1-17-10-4-6(7(12)5-9(10)14)8(13)2-3-11(15)16/h4-5,8,14H,2-3,13H2,1H3,(H,15,16). The summed E-state index contributed by atoms with van der Waals surface area (Å²) < 4.78 is 4.94. The van der Waals surface area contributed by atoms with E-state index in [0.29, 0.717) is 10.6 Å². The van der Waals surface area contributed by atoms with Gasteiger partial charge in [0.1, 0.15) is 0 Å². The highest BCUT2D eigenvalue weighted by molar-refractivity contribution is 6.31. The van der Waals surface area contributed by atoms with E-state index in [1.807, 2.05) is 0 Å². The molecule has 0 aliphatic heterocycles. The van der Waals surface area contributed by atoms with E-state index in [1.165, 1.54) is 19.2 Å². The third kappa shape index (κ3) is 3.51. The van der Waals surface area contributed by atoms with Crippen LogP contribution in [0.5, 0.6) is 11.5 Å². The van der Waals surface area contributed by atoms with Crippen LogP contribution >= 0.6 is 11.6 Å². The van der Waals surface area contributed by atoms with Crippen LogP contribution in [0.15, 0.2) is 12.1 Å². The molecule has 0 heterocycles. The number of phenolic OH excluding ortho intramolecular Hbond substituents is 1. The van der Waals surface area contributed by atoms with Crippen molar-refractivity contribution in [3.8, 4) is 11.5 Å². The fourth-order valence-electron chi connectivity index (χ4n) is 1.44. The van der Waals surface area contributed by atoms with Crippen molar-refractivity contribution in [1.29, 1.82) is 0 Å². The molecule has 6 heteroatoms. The number of carbonyl (C=O) groups is 1. The lowest BCUT2D eigenvalue weighted by molar-refractivity contribution is -0.137. The van der Waals surface area contributed by atoms with E-state index in [1.54, 1.807) is 0 Å². The Balaban J connectivity index is 2.92. The topological polar surface area (TPSA) is 92.8 Å². The third-order valence-corrected chi connectivity index (χ3v) is 2.69. The molecule has 1 aromatic carbocycles. The van der Waals surface area contributed by atoms with Gasteiger partial charge in [-0.3, -0.25) is 4.79 Å². The van der Waals surface area contributed by atoms with Crippen molar-refractivity contribution >= 4 is 17.6 Å². The molecule has 1 atom stereocenters. The average molecular weight is 260 g/mol. The van der Waals surface area contributed by atoms with Gasteiger partial charge in [-0.25, -0.2) is 0 Å². The zero-order valence-corrected chi connectivity index (χ0v) is 10.1. The van der Waals surface area contributed by atoms with E-state index in [9.17, 15) is 9.90 Å². The summed E-state index contributed by atoms with van der Waals surface area (Å²) in [5.41, 5.74) is 6.39. The summed E-state index contributed by atoms with van der Waals surface area (Å²) in [5.74, 6) is -0.732. The van der Waals surface area contributed by atoms with Gasteiger partial charge >= 0.3 is 5.97 Å². The Morgan fingerprint density at radius 3 is 2.76 bits per heavy atom. The number of ether oxygens (including phenoxy) is 1. The maximum atomic E-state index is 10.4. The zero-order chi connectivity index (χ0) is 13.0. The zero-order valence-electron chi connectivity index (χ0n) is 9.31. The second kappa shape index (κ2) is 5.75. The van der Waals surface area contributed by atoms with Gasteiger partial charge in [0.25, 0.3) is 0 Å². The molecule has 0 amide bonds. The molecule has 0 aliphatic carbocycles. The molecular formula is C11H14ClNO4. The minimum Gasteiger partial charge on any atom is -0.504 e. The lowest BCUT2D eigenvalue weighted by atomic mass is 10.0. The molecule has 0 aromatic heterocycles. The van der Waals surface area contributed by atoms with Crippen LogP contribution in [0.4, 0.5) is 0 Å². The number of nitrogens with two attached hydrogens (primary N) is 1. The summed E-state index contributed by atoms with van der Waals surface area (Å²) in [6.45, 7) is 0. The Kier molecular flexibility index (Phi) is 4.60. The van der Waals surface area contributed by atoms with Crippen molar-refractivity contribution in [2.24, 2.45) is 5.73 Å². The summed E-state index contributed by atoms with van der Waals surface area (Å²) in [4.78, 5) is 10.4. The number of aromatic hydroxyl groups is 1. The Hall–Kier alpha value is -1.46. The number of carboxylic acids is 1. The highest BCUT2D eigenvalue weighted by Gasteiger charge is 2.15. The molecule has 0 aliphatic rings. The van der Waals surface area contributed by atoms with E-state index >= 15 is 0 Å². The number of methoxy groups -OCH3 is 1. The highest BCUT2D eigenvalue weighted by Crippen LogP contribution is 2.35. The number of hydrogen-bond acceptors (Lipinski definition) is 4. The van der Waals surface area contributed by atoms with Crippen LogP contribution in [0.1, 0.15) is 24.4 Å². The molecule has 1 unspecified atom stereocenters. The monoisotopic (exact) mass is 259 g/mol. The summed E-state index contributed by atoms with van der Waals surface area (Å²) in [6.07, 6.45) is 0.226. The predicted octanol–water partition coefficient (Wildman–Crippen LogP) is 1.92. The second-order valence-corrected chi connectivity index (χ2v) is 3.99. The van der Waals surface area contributed by atoms with Gasteiger partial charge in [-0.05, 0) is 18.1 Å².